The summed E-state index contributed by atoms with van der Waals surface area (Å²) in [6, 6.07) is 4.83. The van der Waals surface area contributed by atoms with Gasteiger partial charge in [0.2, 0.25) is 0 Å². The minimum atomic E-state index is -0.671. The van der Waals surface area contributed by atoms with Crippen molar-refractivity contribution in [1.82, 2.24) is 4.90 Å². The summed E-state index contributed by atoms with van der Waals surface area (Å²) < 4.78 is 0. The number of rotatable bonds is 3. The van der Waals surface area contributed by atoms with Crippen molar-refractivity contribution < 1.29 is 10.0 Å². The van der Waals surface area contributed by atoms with E-state index in [0.717, 1.165) is 12.1 Å². The van der Waals surface area contributed by atoms with Crippen LogP contribution in [0.4, 0.5) is 11.4 Å². The average Bonchev–Trinajstić information content (AvgIpc) is 2.61. The fourth-order valence-electron chi connectivity index (χ4n) is 2.31. The van der Waals surface area contributed by atoms with E-state index < -0.39 is 10.5 Å². The summed E-state index contributed by atoms with van der Waals surface area (Å²) >= 11 is 0. The minimum Gasteiger partial charge on any atom is -0.393 e. The van der Waals surface area contributed by atoms with Gasteiger partial charge in [0.05, 0.1) is 10.5 Å². The fourth-order valence-corrected chi connectivity index (χ4v) is 2.31. The Morgan fingerprint density at radius 2 is 2.33 bits per heavy atom. The van der Waals surface area contributed by atoms with Crippen molar-refractivity contribution in [2.75, 3.05) is 18.8 Å². The van der Waals surface area contributed by atoms with E-state index in [9.17, 15) is 15.2 Å². The van der Waals surface area contributed by atoms with Gasteiger partial charge in [-0.15, -0.1) is 0 Å². The Morgan fingerprint density at radius 3 is 2.89 bits per heavy atom. The highest BCUT2D eigenvalue weighted by Gasteiger charge is 2.31. The molecule has 1 atom stereocenters. The number of nitrogens with two attached hydrogens (primary N) is 1. The zero-order chi connectivity index (χ0) is 13.3. The molecule has 1 unspecified atom stereocenters. The van der Waals surface area contributed by atoms with Crippen LogP contribution in [0.2, 0.25) is 0 Å². The van der Waals surface area contributed by atoms with Crippen LogP contribution in [-0.4, -0.2) is 33.6 Å². The molecule has 0 radical (unpaired) electrons. The van der Waals surface area contributed by atoms with Gasteiger partial charge < -0.3 is 10.8 Å². The molecular formula is C12H17N3O3. The summed E-state index contributed by atoms with van der Waals surface area (Å²) in [5.74, 6) is 0. The Kier molecular flexibility index (Phi) is 3.23. The first-order valence-electron chi connectivity index (χ1n) is 5.85. The van der Waals surface area contributed by atoms with E-state index in [0.29, 0.717) is 19.5 Å². The normalized spacial score (nSPS) is 24.3. The Bertz CT molecular complexity index is 474. The second kappa shape index (κ2) is 4.55. The minimum absolute atomic E-state index is 0.0570. The molecule has 18 heavy (non-hydrogen) atoms. The van der Waals surface area contributed by atoms with E-state index in [1.54, 1.807) is 19.1 Å². The molecule has 1 fully saturated rings. The van der Waals surface area contributed by atoms with Gasteiger partial charge in [-0.2, -0.15) is 0 Å². The molecule has 0 bridgehead atoms. The number of nitrogen functional groups attached to an aromatic ring is 1. The molecule has 98 valence electrons. The van der Waals surface area contributed by atoms with Gasteiger partial charge in [0, 0.05) is 25.7 Å². The number of para-hydroxylation sites is 1. The molecule has 6 heteroatoms. The lowest BCUT2D eigenvalue weighted by Gasteiger charge is -2.19. The summed E-state index contributed by atoms with van der Waals surface area (Å²) in [7, 11) is 0. The number of nitro benzene ring substituents is 1. The molecule has 1 aliphatic heterocycles. The van der Waals surface area contributed by atoms with Crippen molar-refractivity contribution in [3.05, 3.63) is 33.9 Å². The maximum absolute atomic E-state index is 10.8. The summed E-state index contributed by atoms with van der Waals surface area (Å²) in [6.07, 6.45) is 0.710. The Morgan fingerprint density at radius 1 is 1.61 bits per heavy atom. The first-order chi connectivity index (χ1) is 8.39. The van der Waals surface area contributed by atoms with Crippen LogP contribution in [0.1, 0.15) is 18.9 Å². The number of benzene rings is 1. The van der Waals surface area contributed by atoms with Gasteiger partial charge in [0.1, 0.15) is 5.69 Å². The molecule has 1 heterocycles. The van der Waals surface area contributed by atoms with Crippen LogP contribution in [-0.2, 0) is 6.54 Å². The molecule has 2 rings (SSSR count). The molecule has 1 aliphatic rings. The van der Waals surface area contributed by atoms with Crippen molar-refractivity contribution >= 4 is 11.4 Å². The predicted octanol–water partition coefficient (Wildman–Crippen LogP) is 1.13. The highest BCUT2D eigenvalue weighted by Crippen LogP contribution is 2.28. The number of likely N-dealkylation sites (tertiary alicyclic amines) is 1. The number of hydrogen-bond donors (Lipinski definition) is 2. The maximum atomic E-state index is 10.8. The Hall–Kier alpha value is -1.66. The number of anilines is 1. The number of β-amino-alcohol motifs (C(OH)–C–C–N with tert-alkyl or cyclic N) is 1. The number of nitro groups is 1. The largest absolute Gasteiger partial charge is 0.393 e. The van der Waals surface area contributed by atoms with Crippen LogP contribution in [0.5, 0.6) is 0 Å². The molecule has 6 nitrogen and oxygen atoms in total. The summed E-state index contributed by atoms with van der Waals surface area (Å²) in [5.41, 5.74) is 6.03. The van der Waals surface area contributed by atoms with E-state index in [-0.39, 0.29) is 11.4 Å². The first-order valence-corrected chi connectivity index (χ1v) is 5.85. The lowest BCUT2D eigenvalue weighted by molar-refractivity contribution is -0.384. The first kappa shape index (κ1) is 12.8. The van der Waals surface area contributed by atoms with Crippen molar-refractivity contribution in [3.8, 4) is 0 Å². The molecule has 0 amide bonds. The van der Waals surface area contributed by atoms with Crippen LogP contribution in [0.3, 0.4) is 0 Å². The van der Waals surface area contributed by atoms with Gasteiger partial charge in [-0.05, 0) is 18.9 Å². The van der Waals surface area contributed by atoms with Gasteiger partial charge in [-0.3, -0.25) is 15.0 Å². The topological polar surface area (TPSA) is 92.6 Å². The molecule has 0 aromatic heterocycles. The zero-order valence-corrected chi connectivity index (χ0v) is 10.3. The van der Waals surface area contributed by atoms with E-state index in [2.05, 4.69) is 4.90 Å². The van der Waals surface area contributed by atoms with Crippen LogP contribution in [0, 0.1) is 10.1 Å². The molecule has 3 N–H and O–H groups in total. The highest BCUT2D eigenvalue weighted by atomic mass is 16.6. The number of hydrogen-bond acceptors (Lipinski definition) is 5. The van der Waals surface area contributed by atoms with Crippen LogP contribution < -0.4 is 5.73 Å². The van der Waals surface area contributed by atoms with Crippen molar-refractivity contribution in [2.45, 2.75) is 25.5 Å². The third-order valence-corrected chi connectivity index (χ3v) is 3.29. The lowest BCUT2D eigenvalue weighted by atomic mass is 10.1. The van der Waals surface area contributed by atoms with Gasteiger partial charge in [0.15, 0.2) is 0 Å². The van der Waals surface area contributed by atoms with Crippen molar-refractivity contribution in [2.24, 2.45) is 0 Å². The molecule has 0 spiro atoms. The average molecular weight is 251 g/mol. The van der Waals surface area contributed by atoms with E-state index >= 15 is 0 Å². The fraction of sp³-hybridized carbons (Fsp3) is 0.500. The van der Waals surface area contributed by atoms with Gasteiger partial charge in [-0.25, -0.2) is 0 Å². The highest BCUT2D eigenvalue weighted by molar-refractivity contribution is 5.62. The molecule has 0 aliphatic carbocycles. The monoisotopic (exact) mass is 251 g/mol. The number of nitrogens with zero attached hydrogens (tertiary/aromatic N) is 2. The second-order valence-corrected chi connectivity index (χ2v) is 5.06. The maximum Gasteiger partial charge on any atom is 0.292 e. The Labute approximate surface area is 105 Å². The van der Waals surface area contributed by atoms with Crippen LogP contribution in [0.25, 0.3) is 0 Å². The smallest absolute Gasteiger partial charge is 0.292 e. The number of aliphatic hydroxyl groups is 1. The quantitative estimate of drug-likeness (QED) is 0.477. The second-order valence-electron chi connectivity index (χ2n) is 5.06. The van der Waals surface area contributed by atoms with Crippen molar-refractivity contribution in [3.63, 3.8) is 0 Å². The molecular weight excluding hydrogens is 234 g/mol. The summed E-state index contributed by atoms with van der Waals surface area (Å²) in [6.45, 7) is 3.66. The van der Waals surface area contributed by atoms with Gasteiger partial charge >= 0.3 is 0 Å². The molecule has 0 saturated carbocycles. The predicted molar refractivity (Wildman–Crippen MR) is 68.0 cm³/mol. The van der Waals surface area contributed by atoms with Crippen molar-refractivity contribution in [1.29, 1.82) is 0 Å². The van der Waals surface area contributed by atoms with Crippen LogP contribution in [0.15, 0.2) is 18.2 Å². The molecule has 1 aromatic carbocycles. The summed E-state index contributed by atoms with van der Waals surface area (Å²) in [4.78, 5) is 12.4. The van der Waals surface area contributed by atoms with Gasteiger partial charge in [-0.1, -0.05) is 12.1 Å². The SMILES string of the molecule is CC1(O)CCN(Cc2cccc([N+](=O)[O-])c2N)C1. The van der Waals surface area contributed by atoms with E-state index in [1.807, 2.05) is 0 Å². The third-order valence-electron chi connectivity index (χ3n) is 3.29. The standard InChI is InChI=1S/C12H17N3O3/c1-12(16)5-6-14(8-12)7-9-3-2-4-10(11(9)13)15(17)18/h2-4,16H,5-8,13H2,1H3. The van der Waals surface area contributed by atoms with E-state index in [1.165, 1.54) is 6.07 Å². The molecule has 1 aromatic rings. The Balaban J connectivity index is 2.15. The molecule has 1 saturated heterocycles. The lowest BCUT2D eigenvalue weighted by Crippen LogP contribution is -2.29. The van der Waals surface area contributed by atoms with Gasteiger partial charge in [0.25, 0.3) is 5.69 Å². The van der Waals surface area contributed by atoms with Crippen LogP contribution >= 0.6 is 0 Å². The van der Waals surface area contributed by atoms with E-state index in [4.69, 9.17) is 5.73 Å². The zero-order valence-electron chi connectivity index (χ0n) is 10.3. The summed E-state index contributed by atoms with van der Waals surface area (Å²) in [5, 5.41) is 20.7. The third kappa shape index (κ3) is 2.60.